The van der Waals surface area contributed by atoms with E-state index in [0.717, 1.165) is 28.1 Å². The predicted octanol–water partition coefficient (Wildman–Crippen LogP) is 4.09. The molecule has 2 aliphatic rings. The van der Waals surface area contributed by atoms with Gasteiger partial charge in [-0.15, -0.1) is 0 Å². The molecule has 126 valence electrons. The number of para-hydroxylation sites is 1. The summed E-state index contributed by atoms with van der Waals surface area (Å²) >= 11 is 3.18. The van der Waals surface area contributed by atoms with Crippen LogP contribution in [-0.4, -0.2) is 17.4 Å². The van der Waals surface area contributed by atoms with E-state index in [1.54, 1.807) is 16.3 Å². The first-order valence-electron chi connectivity index (χ1n) is 8.17. The molecular formula is C19H18N3OS2+. The van der Waals surface area contributed by atoms with Crippen LogP contribution in [0.5, 0.6) is 0 Å². The second-order valence-electron chi connectivity index (χ2n) is 5.91. The zero-order valence-electron chi connectivity index (χ0n) is 14.3. The molecule has 0 aliphatic carbocycles. The summed E-state index contributed by atoms with van der Waals surface area (Å²) in [6.45, 7) is 6.93. The average Bonchev–Trinajstić information content (AvgIpc) is 3.10. The summed E-state index contributed by atoms with van der Waals surface area (Å²) in [5.41, 5.74) is 3.09. The maximum absolute atomic E-state index is 12.7. The number of carbonyl (C=O) groups excluding carboxylic acids is 1. The van der Waals surface area contributed by atoms with Gasteiger partial charge in [0.2, 0.25) is 0 Å². The van der Waals surface area contributed by atoms with E-state index in [9.17, 15) is 4.79 Å². The number of fused-ring (bicyclic) bond motifs is 2. The van der Waals surface area contributed by atoms with Crippen LogP contribution in [0.25, 0.3) is 0 Å². The van der Waals surface area contributed by atoms with Crippen molar-refractivity contribution in [2.75, 3.05) is 11.4 Å². The molecular weight excluding hydrogens is 350 g/mol. The van der Waals surface area contributed by atoms with Crippen LogP contribution in [0.2, 0.25) is 0 Å². The summed E-state index contributed by atoms with van der Waals surface area (Å²) < 4.78 is 1.69. The van der Waals surface area contributed by atoms with Crippen molar-refractivity contribution in [1.29, 1.82) is 0 Å². The number of aromatic nitrogens is 2. The molecule has 0 amide bonds. The van der Waals surface area contributed by atoms with E-state index in [2.05, 4.69) is 41.1 Å². The molecule has 6 heteroatoms. The van der Waals surface area contributed by atoms with Crippen LogP contribution >= 0.6 is 23.5 Å². The maximum Gasteiger partial charge on any atom is 0.372 e. The average molecular weight is 369 g/mol. The number of nitrogens with zero attached hydrogens (tertiary/aromatic N) is 3. The lowest BCUT2D eigenvalue weighted by atomic mass is 10.3. The lowest BCUT2D eigenvalue weighted by Crippen LogP contribution is -2.44. The second-order valence-corrected chi connectivity index (χ2v) is 7.99. The van der Waals surface area contributed by atoms with E-state index < -0.39 is 0 Å². The van der Waals surface area contributed by atoms with Crippen molar-refractivity contribution in [3.05, 3.63) is 63.8 Å². The van der Waals surface area contributed by atoms with Crippen LogP contribution in [-0.2, 0) is 0 Å². The van der Waals surface area contributed by atoms with Crippen molar-refractivity contribution < 1.29 is 9.36 Å². The van der Waals surface area contributed by atoms with Crippen molar-refractivity contribution in [2.45, 2.75) is 30.8 Å². The summed E-state index contributed by atoms with van der Waals surface area (Å²) in [5.74, 6) is 0.00501. The Kier molecular flexibility index (Phi) is 4.17. The first-order valence-corrected chi connectivity index (χ1v) is 9.81. The first kappa shape index (κ1) is 16.4. The molecule has 0 radical (unpaired) electrons. The van der Waals surface area contributed by atoms with Gasteiger partial charge in [-0.1, -0.05) is 23.9 Å². The lowest BCUT2D eigenvalue weighted by Gasteiger charge is -2.17. The Morgan fingerprint density at radius 3 is 2.80 bits per heavy atom. The molecule has 3 heterocycles. The van der Waals surface area contributed by atoms with Gasteiger partial charge in [0.15, 0.2) is 5.69 Å². The summed E-state index contributed by atoms with van der Waals surface area (Å²) in [6, 6.07) is 10.3. The van der Waals surface area contributed by atoms with Gasteiger partial charge in [-0.25, -0.2) is 4.79 Å². The fraction of sp³-hybridized carbons (Fsp3) is 0.211. The normalized spacial score (nSPS) is 19.0. The lowest BCUT2D eigenvalue weighted by molar-refractivity contribution is -0.619. The Morgan fingerprint density at radius 1 is 1.20 bits per heavy atom. The van der Waals surface area contributed by atoms with Gasteiger partial charge < -0.3 is 4.90 Å². The molecule has 0 N–H and O–H groups in total. The zero-order valence-corrected chi connectivity index (χ0v) is 15.9. The third-order valence-corrected chi connectivity index (χ3v) is 6.30. The van der Waals surface area contributed by atoms with Crippen molar-refractivity contribution in [3.8, 4) is 0 Å². The molecule has 0 spiro atoms. The van der Waals surface area contributed by atoms with E-state index in [1.165, 1.54) is 22.3 Å². The summed E-state index contributed by atoms with van der Waals surface area (Å²) in [5, 5.41) is 1.90. The zero-order chi connectivity index (χ0) is 17.6. The number of hydrogen-bond donors (Lipinski definition) is 0. The number of carbonyl (C=O) groups is 1. The first-order chi connectivity index (χ1) is 12.1. The van der Waals surface area contributed by atoms with Crippen LogP contribution in [0, 0.1) is 13.8 Å². The molecule has 25 heavy (non-hydrogen) atoms. The van der Waals surface area contributed by atoms with Crippen molar-refractivity contribution in [3.63, 3.8) is 0 Å². The Balaban J connectivity index is 1.66. The van der Waals surface area contributed by atoms with Gasteiger partial charge in [0.1, 0.15) is 10.6 Å². The molecule has 0 saturated heterocycles. The fourth-order valence-corrected chi connectivity index (χ4v) is 5.22. The van der Waals surface area contributed by atoms with Crippen LogP contribution in [0.15, 0.2) is 62.5 Å². The Bertz CT molecular complexity index is 950. The SMILES string of the molecule is CCN1/C(=C/C=C2\Sc3nc(C)cc(C)[n+]3C2=O)Sc2ccccc21. The number of allylic oxidation sites excluding steroid dienone is 3. The molecule has 0 bridgehead atoms. The molecule has 0 fully saturated rings. The van der Waals surface area contributed by atoms with Gasteiger partial charge in [0.25, 0.3) is 0 Å². The van der Waals surface area contributed by atoms with E-state index in [1.807, 2.05) is 32.1 Å². The summed E-state index contributed by atoms with van der Waals surface area (Å²) in [7, 11) is 0. The number of benzene rings is 1. The van der Waals surface area contributed by atoms with Gasteiger partial charge in [0.05, 0.1) is 10.7 Å². The molecule has 2 aromatic rings. The third-order valence-electron chi connectivity index (χ3n) is 4.18. The molecule has 4 nitrogen and oxygen atoms in total. The van der Waals surface area contributed by atoms with E-state index in [0.29, 0.717) is 4.91 Å². The van der Waals surface area contributed by atoms with Crippen LogP contribution in [0.4, 0.5) is 5.69 Å². The van der Waals surface area contributed by atoms with Crippen molar-refractivity contribution >= 4 is 35.1 Å². The number of thioether (sulfide) groups is 2. The number of hydrogen-bond acceptors (Lipinski definition) is 5. The molecule has 2 aliphatic heterocycles. The van der Waals surface area contributed by atoms with Gasteiger partial charge in [-0.3, -0.25) is 0 Å². The van der Waals surface area contributed by atoms with E-state index in [4.69, 9.17) is 0 Å². The van der Waals surface area contributed by atoms with Crippen LogP contribution < -0.4 is 9.47 Å². The highest BCUT2D eigenvalue weighted by molar-refractivity contribution is 8.04. The Labute approximate surface area is 155 Å². The number of aryl methyl sites for hydroxylation is 2. The highest BCUT2D eigenvalue weighted by Gasteiger charge is 2.36. The smallest absolute Gasteiger partial charge is 0.335 e. The monoisotopic (exact) mass is 368 g/mol. The largest absolute Gasteiger partial charge is 0.372 e. The van der Waals surface area contributed by atoms with Crippen LogP contribution in [0.1, 0.15) is 23.1 Å². The Morgan fingerprint density at radius 2 is 2.00 bits per heavy atom. The fourth-order valence-electron chi connectivity index (χ4n) is 3.07. The summed E-state index contributed by atoms with van der Waals surface area (Å²) in [6.07, 6.45) is 3.97. The van der Waals surface area contributed by atoms with Crippen molar-refractivity contribution in [1.82, 2.24) is 4.98 Å². The highest BCUT2D eigenvalue weighted by Crippen LogP contribution is 2.45. The summed E-state index contributed by atoms with van der Waals surface area (Å²) in [4.78, 5) is 21.4. The minimum Gasteiger partial charge on any atom is -0.335 e. The minimum absolute atomic E-state index is 0.00501. The van der Waals surface area contributed by atoms with E-state index >= 15 is 0 Å². The predicted molar refractivity (Wildman–Crippen MR) is 102 cm³/mol. The van der Waals surface area contributed by atoms with Gasteiger partial charge in [-0.05, 0) is 43.1 Å². The minimum atomic E-state index is 0.00501. The Hall–Kier alpha value is -2.05. The van der Waals surface area contributed by atoms with Gasteiger partial charge in [-0.2, -0.15) is 4.57 Å². The van der Waals surface area contributed by atoms with Crippen LogP contribution in [0.3, 0.4) is 0 Å². The van der Waals surface area contributed by atoms with Crippen molar-refractivity contribution in [2.24, 2.45) is 0 Å². The standard InChI is InChI=1S/C19H18N3OS2/c1-4-21-14-7-5-6-8-15(14)24-17(21)10-9-16-18(23)22-13(3)11-12(2)20-19(22)25-16/h5-11H,4H2,1-3H3/q+1/b16-9-,17-10-. The topological polar surface area (TPSA) is 37.1 Å². The third kappa shape index (κ3) is 2.79. The molecule has 4 rings (SSSR count). The number of anilines is 1. The molecule has 0 saturated carbocycles. The molecule has 1 aromatic heterocycles. The van der Waals surface area contributed by atoms with Gasteiger partial charge in [0, 0.05) is 36.2 Å². The quantitative estimate of drug-likeness (QED) is 0.453. The van der Waals surface area contributed by atoms with Gasteiger partial charge >= 0.3 is 11.1 Å². The maximum atomic E-state index is 12.7. The molecule has 0 unspecified atom stereocenters. The second kappa shape index (κ2) is 6.35. The molecule has 1 aromatic carbocycles. The number of rotatable bonds is 2. The molecule has 0 atom stereocenters. The van der Waals surface area contributed by atoms with E-state index in [-0.39, 0.29) is 5.91 Å². The highest BCUT2D eigenvalue weighted by atomic mass is 32.2.